The molecule has 0 N–H and O–H groups in total. The van der Waals surface area contributed by atoms with Gasteiger partial charge >= 0.3 is 6.36 Å². The van der Waals surface area contributed by atoms with Crippen molar-refractivity contribution in [3.8, 4) is 28.9 Å². The van der Waals surface area contributed by atoms with Gasteiger partial charge in [0.2, 0.25) is 11.6 Å². The molecule has 0 atom stereocenters. The first-order valence-corrected chi connectivity index (χ1v) is 5.96. The van der Waals surface area contributed by atoms with Gasteiger partial charge in [0.1, 0.15) is 12.1 Å². The number of aryl methyl sites for hydroxylation is 1. The predicted molar refractivity (Wildman–Crippen MR) is 66.4 cm³/mol. The van der Waals surface area contributed by atoms with Crippen molar-refractivity contribution in [2.45, 2.75) is 6.36 Å². The number of halogens is 3. The van der Waals surface area contributed by atoms with Crippen molar-refractivity contribution in [2.75, 3.05) is 0 Å². The topological polar surface area (TPSA) is 78.9 Å². The summed E-state index contributed by atoms with van der Waals surface area (Å²) in [6.45, 7) is 0. The van der Waals surface area contributed by atoms with Crippen molar-refractivity contribution in [2.24, 2.45) is 7.05 Å². The molecule has 3 aromatic rings. The molecule has 0 aliphatic rings. The lowest BCUT2D eigenvalue weighted by Crippen LogP contribution is -2.16. The molecule has 10 heteroatoms. The lowest BCUT2D eigenvalue weighted by atomic mass is 10.2. The van der Waals surface area contributed by atoms with E-state index in [4.69, 9.17) is 4.52 Å². The average molecular weight is 311 g/mol. The fraction of sp³-hybridized carbons (Fsp3) is 0.167. The van der Waals surface area contributed by atoms with Gasteiger partial charge in [0.15, 0.2) is 0 Å². The summed E-state index contributed by atoms with van der Waals surface area (Å²) in [5.41, 5.74) is 0.473. The van der Waals surface area contributed by atoms with Gasteiger partial charge in [-0.3, -0.25) is 4.68 Å². The van der Waals surface area contributed by atoms with Crippen molar-refractivity contribution in [3.05, 3.63) is 30.6 Å². The van der Waals surface area contributed by atoms with Crippen LogP contribution >= 0.6 is 0 Å². The summed E-state index contributed by atoms with van der Waals surface area (Å²) in [5.74, 6) is 0.261. The van der Waals surface area contributed by atoms with Crippen LogP contribution < -0.4 is 4.74 Å². The molecular weight excluding hydrogens is 303 g/mol. The van der Waals surface area contributed by atoms with E-state index in [2.05, 4.69) is 25.0 Å². The van der Waals surface area contributed by atoms with Gasteiger partial charge in [-0.25, -0.2) is 4.98 Å². The minimum absolute atomic E-state index is 0.117. The van der Waals surface area contributed by atoms with E-state index in [9.17, 15) is 13.2 Å². The van der Waals surface area contributed by atoms with Gasteiger partial charge < -0.3 is 9.26 Å². The molecule has 2 aromatic heterocycles. The maximum Gasteiger partial charge on any atom is 0.573 e. The Kier molecular flexibility index (Phi) is 3.28. The predicted octanol–water partition coefficient (Wildman–Crippen LogP) is 2.43. The first kappa shape index (κ1) is 14.0. The minimum atomic E-state index is -4.73. The first-order chi connectivity index (χ1) is 10.4. The monoisotopic (exact) mass is 311 g/mol. The van der Waals surface area contributed by atoms with Gasteiger partial charge in [0, 0.05) is 12.6 Å². The molecule has 0 aliphatic carbocycles. The zero-order valence-electron chi connectivity index (χ0n) is 11.1. The molecule has 0 bridgehead atoms. The van der Waals surface area contributed by atoms with Crippen molar-refractivity contribution >= 4 is 0 Å². The number of nitrogens with zero attached hydrogens (tertiary/aromatic N) is 5. The van der Waals surface area contributed by atoms with Crippen LogP contribution in [0.3, 0.4) is 0 Å². The maximum atomic E-state index is 12.1. The van der Waals surface area contributed by atoms with E-state index >= 15 is 0 Å². The first-order valence-electron chi connectivity index (χ1n) is 5.96. The second kappa shape index (κ2) is 5.13. The molecule has 0 saturated carbocycles. The van der Waals surface area contributed by atoms with Gasteiger partial charge in [0.25, 0.3) is 5.89 Å². The Bertz CT molecular complexity index is 779. The van der Waals surface area contributed by atoms with Crippen LogP contribution in [0.4, 0.5) is 13.2 Å². The molecule has 3 rings (SSSR count). The summed E-state index contributed by atoms with van der Waals surface area (Å²) in [4.78, 5) is 8.05. The number of alkyl halides is 3. The Morgan fingerprint density at radius 1 is 1.14 bits per heavy atom. The number of benzene rings is 1. The van der Waals surface area contributed by atoms with E-state index in [0.717, 1.165) is 12.1 Å². The molecule has 0 unspecified atom stereocenters. The molecule has 2 heterocycles. The Hall–Kier alpha value is -2.91. The van der Waals surface area contributed by atoms with Crippen molar-refractivity contribution in [3.63, 3.8) is 0 Å². The summed E-state index contributed by atoms with van der Waals surface area (Å²) in [6.07, 6.45) is -3.26. The fourth-order valence-corrected chi connectivity index (χ4v) is 1.67. The molecule has 0 fully saturated rings. The van der Waals surface area contributed by atoms with Crippen LogP contribution in [0.2, 0.25) is 0 Å². The number of aromatic nitrogens is 5. The maximum absolute atomic E-state index is 12.1. The van der Waals surface area contributed by atoms with Crippen LogP contribution in [0.15, 0.2) is 35.1 Å². The van der Waals surface area contributed by atoms with Gasteiger partial charge in [-0.2, -0.15) is 4.98 Å². The third-order valence-corrected chi connectivity index (χ3v) is 2.56. The van der Waals surface area contributed by atoms with Gasteiger partial charge in [-0.05, 0) is 24.3 Å². The minimum Gasteiger partial charge on any atom is -0.406 e. The van der Waals surface area contributed by atoms with E-state index in [1.54, 1.807) is 7.05 Å². The average Bonchev–Trinajstić information content (AvgIpc) is 3.06. The number of hydrogen-bond donors (Lipinski definition) is 0. The van der Waals surface area contributed by atoms with Crippen LogP contribution in [0.5, 0.6) is 5.75 Å². The van der Waals surface area contributed by atoms with Crippen LogP contribution in [-0.4, -0.2) is 31.3 Å². The molecule has 0 spiro atoms. The third kappa shape index (κ3) is 3.05. The highest BCUT2D eigenvalue weighted by atomic mass is 19.4. The van der Waals surface area contributed by atoms with Crippen LogP contribution in [-0.2, 0) is 7.05 Å². The fourth-order valence-electron chi connectivity index (χ4n) is 1.67. The van der Waals surface area contributed by atoms with Crippen LogP contribution in [0, 0.1) is 0 Å². The van der Waals surface area contributed by atoms with E-state index in [1.807, 2.05) is 0 Å². The summed E-state index contributed by atoms with van der Waals surface area (Å²) in [5, 5.41) is 7.74. The second-order valence-electron chi connectivity index (χ2n) is 4.24. The normalized spacial score (nSPS) is 11.6. The Morgan fingerprint density at radius 2 is 1.86 bits per heavy atom. The molecule has 0 aliphatic heterocycles. The highest BCUT2D eigenvalue weighted by molar-refractivity contribution is 5.57. The largest absolute Gasteiger partial charge is 0.573 e. The van der Waals surface area contributed by atoms with E-state index in [-0.39, 0.29) is 23.3 Å². The molecule has 22 heavy (non-hydrogen) atoms. The summed E-state index contributed by atoms with van der Waals surface area (Å²) >= 11 is 0. The third-order valence-electron chi connectivity index (χ3n) is 2.56. The molecule has 0 radical (unpaired) electrons. The summed E-state index contributed by atoms with van der Waals surface area (Å²) in [6, 6.07) is 5.11. The van der Waals surface area contributed by atoms with Crippen LogP contribution in [0.1, 0.15) is 0 Å². The summed E-state index contributed by atoms with van der Waals surface area (Å²) < 4.78 is 46.5. The highest BCUT2D eigenvalue weighted by Gasteiger charge is 2.31. The molecular formula is C12H8F3N5O2. The second-order valence-corrected chi connectivity index (χ2v) is 4.24. The zero-order chi connectivity index (χ0) is 15.7. The van der Waals surface area contributed by atoms with E-state index in [1.165, 1.54) is 23.1 Å². The molecule has 114 valence electrons. The van der Waals surface area contributed by atoms with E-state index < -0.39 is 6.36 Å². The zero-order valence-corrected chi connectivity index (χ0v) is 11.1. The Labute approximate surface area is 121 Å². The quantitative estimate of drug-likeness (QED) is 0.739. The van der Waals surface area contributed by atoms with Gasteiger partial charge in [-0.15, -0.1) is 18.3 Å². The Balaban J connectivity index is 1.81. The van der Waals surface area contributed by atoms with Crippen molar-refractivity contribution < 1.29 is 22.4 Å². The SMILES string of the molecule is Cn1cnc(-c2nc(-c3ccc(OC(F)(F)F)cc3)no2)n1. The van der Waals surface area contributed by atoms with E-state index in [0.29, 0.717) is 5.56 Å². The van der Waals surface area contributed by atoms with Crippen LogP contribution in [0.25, 0.3) is 23.1 Å². The van der Waals surface area contributed by atoms with Gasteiger partial charge in [0.05, 0.1) is 0 Å². The van der Waals surface area contributed by atoms with Gasteiger partial charge in [-0.1, -0.05) is 5.16 Å². The lowest BCUT2D eigenvalue weighted by molar-refractivity contribution is -0.274. The number of ether oxygens (including phenoxy) is 1. The molecule has 0 saturated heterocycles. The number of hydrogen-bond acceptors (Lipinski definition) is 6. The highest BCUT2D eigenvalue weighted by Crippen LogP contribution is 2.26. The molecule has 7 nitrogen and oxygen atoms in total. The molecule has 1 aromatic carbocycles. The number of rotatable bonds is 3. The summed E-state index contributed by atoms with van der Waals surface area (Å²) in [7, 11) is 1.69. The Morgan fingerprint density at radius 3 is 2.45 bits per heavy atom. The smallest absolute Gasteiger partial charge is 0.406 e. The lowest BCUT2D eigenvalue weighted by Gasteiger charge is -2.08. The van der Waals surface area contributed by atoms with Crippen molar-refractivity contribution in [1.29, 1.82) is 0 Å². The molecule has 0 amide bonds. The van der Waals surface area contributed by atoms with Crippen molar-refractivity contribution in [1.82, 2.24) is 24.9 Å². The standard InChI is InChI=1S/C12H8F3N5O2/c1-20-6-16-10(18-20)11-17-9(19-22-11)7-2-4-8(5-3-7)21-12(13,14)15/h2-6H,1H3.